The zero-order valence-electron chi connectivity index (χ0n) is 7.96. The van der Waals surface area contributed by atoms with Gasteiger partial charge in [0, 0.05) is 9.35 Å². The summed E-state index contributed by atoms with van der Waals surface area (Å²) in [4.78, 5) is 12.3. The molecule has 7 heteroatoms. The predicted octanol–water partition coefficient (Wildman–Crippen LogP) is 2.86. The number of H-pyrrole nitrogens is 1. The summed E-state index contributed by atoms with van der Waals surface area (Å²) in [6, 6.07) is 1.97. The third-order valence-corrected chi connectivity index (χ3v) is 4.23. The van der Waals surface area contributed by atoms with E-state index >= 15 is 0 Å². The van der Waals surface area contributed by atoms with Crippen LogP contribution in [0.15, 0.2) is 26.9 Å². The third kappa shape index (κ3) is 2.45. The Morgan fingerprint density at radius 2 is 2.44 bits per heavy atom. The first-order valence-corrected chi connectivity index (χ1v) is 6.42. The summed E-state index contributed by atoms with van der Waals surface area (Å²) in [5.41, 5.74) is 0.141. The predicted molar refractivity (Wildman–Crippen MR) is 69.2 cm³/mol. The van der Waals surface area contributed by atoms with Crippen molar-refractivity contribution in [3.8, 4) is 0 Å². The normalized spacial score (nSPS) is 10.4. The summed E-state index contributed by atoms with van der Waals surface area (Å²) in [6.45, 7) is 0.600. The number of hydrogen-bond acceptors (Lipinski definition) is 4. The van der Waals surface area contributed by atoms with E-state index in [2.05, 4.69) is 31.4 Å². The van der Waals surface area contributed by atoms with Crippen molar-refractivity contribution in [1.82, 2.24) is 10.2 Å². The average Bonchev–Trinajstić information content (AvgIpc) is 2.67. The molecule has 0 spiro atoms. The first kappa shape index (κ1) is 11.6. The summed E-state index contributed by atoms with van der Waals surface area (Å²) in [5, 5.41) is 11.1. The van der Waals surface area contributed by atoms with Crippen LogP contribution in [-0.4, -0.2) is 10.2 Å². The lowest BCUT2D eigenvalue weighted by atomic mass is 10.4. The van der Waals surface area contributed by atoms with Gasteiger partial charge in [0.25, 0.3) is 5.56 Å². The maximum absolute atomic E-state index is 11.2. The molecule has 0 amide bonds. The molecule has 0 aliphatic carbocycles. The fourth-order valence-corrected chi connectivity index (χ4v) is 2.72. The standard InChI is InChI=1S/C9H7BrClN3OS/c10-5-1-2-16-7(5)4-12-6-3-13-14-9(15)8(6)11/h1-3H,4H2,(H2,12,14,15). The molecule has 0 unspecified atom stereocenters. The van der Waals surface area contributed by atoms with Crippen LogP contribution in [0.25, 0.3) is 0 Å². The van der Waals surface area contributed by atoms with Crippen LogP contribution >= 0.6 is 38.9 Å². The zero-order valence-corrected chi connectivity index (χ0v) is 11.1. The van der Waals surface area contributed by atoms with E-state index in [0.29, 0.717) is 12.2 Å². The van der Waals surface area contributed by atoms with Gasteiger partial charge in [-0.15, -0.1) is 11.3 Å². The van der Waals surface area contributed by atoms with Crippen LogP contribution < -0.4 is 10.9 Å². The van der Waals surface area contributed by atoms with Crippen LogP contribution in [0.4, 0.5) is 5.69 Å². The minimum absolute atomic E-state index is 0.127. The molecule has 2 heterocycles. The van der Waals surface area contributed by atoms with Crippen molar-refractivity contribution < 1.29 is 0 Å². The van der Waals surface area contributed by atoms with Crippen LogP contribution in [0.5, 0.6) is 0 Å². The quantitative estimate of drug-likeness (QED) is 0.914. The van der Waals surface area contributed by atoms with Crippen molar-refractivity contribution in [2.24, 2.45) is 0 Å². The molecule has 16 heavy (non-hydrogen) atoms. The molecule has 0 radical (unpaired) electrons. The second-order valence-corrected chi connectivity index (χ2v) is 5.21. The van der Waals surface area contributed by atoms with Gasteiger partial charge in [-0.25, -0.2) is 5.10 Å². The van der Waals surface area contributed by atoms with E-state index in [1.807, 2.05) is 11.4 Å². The molecular weight excluding hydrogens is 314 g/mol. The third-order valence-electron chi connectivity index (χ3n) is 1.93. The Morgan fingerprint density at radius 3 is 3.12 bits per heavy atom. The molecule has 2 rings (SSSR count). The minimum atomic E-state index is -0.392. The van der Waals surface area contributed by atoms with Gasteiger partial charge in [0.1, 0.15) is 5.02 Å². The number of thiophene rings is 1. The molecule has 0 saturated carbocycles. The van der Waals surface area contributed by atoms with Gasteiger partial charge in [0.15, 0.2) is 0 Å². The van der Waals surface area contributed by atoms with Gasteiger partial charge in [0.2, 0.25) is 0 Å². The van der Waals surface area contributed by atoms with Gasteiger partial charge >= 0.3 is 0 Å². The highest BCUT2D eigenvalue weighted by molar-refractivity contribution is 9.10. The molecule has 0 fully saturated rings. The van der Waals surface area contributed by atoms with Crippen molar-refractivity contribution in [3.05, 3.63) is 42.4 Å². The van der Waals surface area contributed by atoms with E-state index < -0.39 is 5.56 Å². The summed E-state index contributed by atoms with van der Waals surface area (Å²) in [5.74, 6) is 0. The smallest absolute Gasteiger partial charge is 0.285 e. The van der Waals surface area contributed by atoms with Gasteiger partial charge in [0.05, 0.1) is 18.4 Å². The molecule has 2 N–H and O–H groups in total. The number of aromatic nitrogens is 2. The van der Waals surface area contributed by atoms with Gasteiger partial charge in [-0.05, 0) is 27.4 Å². The fraction of sp³-hybridized carbons (Fsp3) is 0.111. The van der Waals surface area contributed by atoms with E-state index in [4.69, 9.17) is 11.6 Å². The zero-order chi connectivity index (χ0) is 11.5. The highest BCUT2D eigenvalue weighted by Crippen LogP contribution is 2.24. The van der Waals surface area contributed by atoms with E-state index in [1.165, 1.54) is 6.20 Å². The van der Waals surface area contributed by atoms with Crippen LogP contribution in [0.1, 0.15) is 4.88 Å². The average molecular weight is 321 g/mol. The van der Waals surface area contributed by atoms with Crippen molar-refractivity contribution >= 4 is 44.6 Å². The first-order valence-electron chi connectivity index (χ1n) is 4.37. The van der Waals surface area contributed by atoms with Crippen molar-refractivity contribution in [2.45, 2.75) is 6.54 Å². The van der Waals surface area contributed by atoms with Gasteiger partial charge in [-0.1, -0.05) is 11.6 Å². The molecule has 0 bridgehead atoms. The molecule has 84 valence electrons. The lowest BCUT2D eigenvalue weighted by Gasteiger charge is -2.05. The summed E-state index contributed by atoms with van der Waals surface area (Å²) in [6.07, 6.45) is 1.49. The van der Waals surface area contributed by atoms with Crippen LogP contribution in [0.2, 0.25) is 5.02 Å². The molecule has 0 saturated heterocycles. The van der Waals surface area contributed by atoms with Crippen molar-refractivity contribution in [1.29, 1.82) is 0 Å². The maximum atomic E-state index is 11.2. The van der Waals surface area contributed by atoms with E-state index in [-0.39, 0.29) is 5.02 Å². The SMILES string of the molecule is O=c1[nH]ncc(NCc2sccc2Br)c1Cl. The van der Waals surface area contributed by atoms with Crippen molar-refractivity contribution in [3.63, 3.8) is 0 Å². The number of anilines is 1. The van der Waals surface area contributed by atoms with Crippen LogP contribution in [0, 0.1) is 0 Å². The number of halogens is 2. The van der Waals surface area contributed by atoms with Crippen molar-refractivity contribution in [2.75, 3.05) is 5.32 Å². The second-order valence-electron chi connectivity index (χ2n) is 2.97. The number of nitrogens with zero attached hydrogens (tertiary/aromatic N) is 1. The van der Waals surface area contributed by atoms with E-state index in [0.717, 1.165) is 9.35 Å². The summed E-state index contributed by atoms with van der Waals surface area (Å²) in [7, 11) is 0. The lowest BCUT2D eigenvalue weighted by Crippen LogP contribution is -2.11. The van der Waals surface area contributed by atoms with Crippen LogP contribution in [-0.2, 0) is 6.54 Å². The Balaban J connectivity index is 2.14. The van der Waals surface area contributed by atoms with Gasteiger partial charge < -0.3 is 5.32 Å². The second kappa shape index (κ2) is 4.99. The molecule has 2 aromatic heterocycles. The highest BCUT2D eigenvalue weighted by Gasteiger charge is 2.06. The Hall–Kier alpha value is -0.850. The molecule has 0 aromatic carbocycles. The van der Waals surface area contributed by atoms with Crippen LogP contribution in [0.3, 0.4) is 0 Å². The van der Waals surface area contributed by atoms with Gasteiger partial charge in [-0.3, -0.25) is 4.79 Å². The fourth-order valence-electron chi connectivity index (χ4n) is 1.13. The number of aromatic amines is 1. The minimum Gasteiger partial charge on any atom is -0.377 e. The number of nitrogens with one attached hydrogen (secondary N) is 2. The molecule has 0 aliphatic heterocycles. The Labute approximate surface area is 109 Å². The first-order chi connectivity index (χ1) is 7.68. The summed E-state index contributed by atoms with van der Waals surface area (Å²) < 4.78 is 1.04. The molecule has 0 atom stereocenters. The molecule has 4 nitrogen and oxygen atoms in total. The largest absolute Gasteiger partial charge is 0.377 e. The number of hydrogen-bond donors (Lipinski definition) is 2. The lowest BCUT2D eigenvalue weighted by molar-refractivity contribution is 0.983. The molecule has 0 aliphatic rings. The molecular formula is C9H7BrClN3OS. The monoisotopic (exact) mass is 319 g/mol. The maximum Gasteiger partial charge on any atom is 0.285 e. The Morgan fingerprint density at radius 1 is 1.62 bits per heavy atom. The topological polar surface area (TPSA) is 57.8 Å². The summed E-state index contributed by atoms with van der Waals surface area (Å²) >= 11 is 10.9. The molecule has 2 aromatic rings. The Bertz CT molecular complexity index is 554. The van der Waals surface area contributed by atoms with Gasteiger partial charge in [-0.2, -0.15) is 5.10 Å². The van der Waals surface area contributed by atoms with E-state index in [9.17, 15) is 4.79 Å². The highest BCUT2D eigenvalue weighted by atomic mass is 79.9. The Kier molecular flexibility index (Phi) is 3.63. The van der Waals surface area contributed by atoms with E-state index in [1.54, 1.807) is 11.3 Å². The number of rotatable bonds is 3.